The number of ether oxygens (including phenoxy) is 1. The topological polar surface area (TPSA) is 101 Å². The number of alkyl carbamates (subject to hydrolysis) is 1. The number of hydrogen-bond acceptors (Lipinski definition) is 5. The highest BCUT2D eigenvalue weighted by Gasteiger charge is 2.15. The molecule has 0 fully saturated rings. The van der Waals surface area contributed by atoms with E-state index in [0.717, 1.165) is 17.8 Å². The van der Waals surface area contributed by atoms with Crippen molar-refractivity contribution >= 4 is 12.1 Å². The molecule has 0 unspecified atom stereocenters. The summed E-state index contributed by atoms with van der Waals surface area (Å²) in [5, 5.41) is 9.01. The molecule has 152 valence electrons. The molecule has 8 nitrogen and oxygen atoms in total. The van der Waals surface area contributed by atoms with Gasteiger partial charge in [0.15, 0.2) is 5.96 Å². The first-order valence-electron chi connectivity index (χ1n) is 9.36. The molecule has 1 aromatic heterocycles. The molecule has 3 N–H and O–H groups in total. The molecule has 0 aliphatic heterocycles. The third-order valence-electron chi connectivity index (χ3n) is 3.40. The number of carbonyl (C=O) groups excluding carboxylic acids is 1. The van der Waals surface area contributed by atoms with Gasteiger partial charge in [-0.05, 0) is 39.8 Å². The van der Waals surface area contributed by atoms with Gasteiger partial charge in [0.2, 0.25) is 5.89 Å². The maximum Gasteiger partial charge on any atom is 0.407 e. The molecule has 2 aromatic rings. The van der Waals surface area contributed by atoms with Crippen molar-refractivity contribution in [2.45, 2.75) is 39.8 Å². The second kappa shape index (κ2) is 10.3. The van der Waals surface area contributed by atoms with E-state index in [1.165, 1.54) is 0 Å². The van der Waals surface area contributed by atoms with Crippen LogP contribution in [0.2, 0.25) is 0 Å². The highest BCUT2D eigenvalue weighted by molar-refractivity contribution is 5.79. The van der Waals surface area contributed by atoms with Crippen LogP contribution >= 0.6 is 0 Å². The van der Waals surface area contributed by atoms with Crippen LogP contribution in [0.1, 0.15) is 33.4 Å². The van der Waals surface area contributed by atoms with Crippen LogP contribution in [-0.4, -0.2) is 42.3 Å². The fraction of sp³-hybridized carbons (Fsp3) is 0.450. The predicted octanol–water partition coefficient (Wildman–Crippen LogP) is 2.92. The molecule has 0 saturated heterocycles. The van der Waals surface area contributed by atoms with Crippen LogP contribution in [0.4, 0.5) is 4.79 Å². The Bertz CT molecular complexity index is 766. The lowest BCUT2D eigenvalue weighted by molar-refractivity contribution is 0.0529. The van der Waals surface area contributed by atoms with Crippen molar-refractivity contribution in [3.8, 4) is 11.5 Å². The minimum Gasteiger partial charge on any atom is -0.444 e. The van der Waals surface area contributed by atoms with Gasteiger partial charge in [0.05, 0.1) is 6.54 Å². The molecule has 8 heteroatoms. The van der Waals surface area contributed by atoms with Crippen molar-refractivity contribution in [1.29, 1.82) is 0 Å². The van der Waals surface area contributed by atoms with Crippen molar-refractivity contribution < 1.29 is 13.9 Å². The number of nitrogens with zero attached hydrogens (tertiary/aromatic N) is 2. The van der Waals surface area contributed by atoms with Gasteiger partial charge in [-0.1, -0.05) is 18.2 Å². The summed E-state index contributed by atoms with van der Waals surface area (Å²) in [6, 6.07) is 9.72. The van der Waals surface area contributed by atoms with Gasteiger partial charge in [-0.25, -0.2) is 14.8 Å². The monoisotopic (exact) mass is 387 g/mol. The van der Waals surface area contributed by atoms with Crippen molar-refractivity contribution in [3.63, 3.8) is 0 Å². The average Bonchev–Trinajstić information content (AvgIpc) is 3.11. The Kier molecular flexibility index (Phi) is 7.86. The summed E-state index contributed by atoms with van der Waals surface area (Å²) in [6.07, 6.45) is 1.17. The maximum absolute atomic E-state index is 11.6. The summed E-state index contributed by atoms with van der Waals surface area (Å²) in [5.74, 6) is 1.21. The number of nitrogens with one attached hydrogen (secondary N) is 3. The quantitative estimate of drug-likeness (QED) is 0.384. The van der Waals surface area contributed by atoms with Crippen LogP contribution in [0.15, 0.2) is 46.0 Å². The summed E-state index contributed by atoms with van der Waals surface area (Å²) < 4.78 is 10.7. The Labute approximate surface area is 165 Å². The van der Waals surface area contributed by atoms with Crippen molar-refractivity contribution in [2.24, 2.45) is 4.99 Å². The third kappa shape index (κ3) is 7.69. The molecular weight excluding hydrogens is 358 g/mol. The zero-order chi connectivity index (χ0) is 20.4. The summed E-state index contributed by atoms with van der Waals surface area (Å²) in [4.78, 5) is 20.6. The SMILES string of the molecule is CCNC(=NCc1coc(-c2ccccc2)n1)NCCNC(=O)OC(C)(C)C. The molecule has 1 aromatic carbocycles. The first-order chi connectivity index (χ1) is 13.4. The van der Waals surface area contributed by atoms with E-state index in [2.05, 4.69) is 25.9 Å². The fourth-order valence-corrected chi connectivity index (χ4v) is 2.25. The molecule has 1 amide bonds. The van der Waals surface area contributed by atoms with Crippen molar-refractivity contribution in [1.82, 2.24) is 20.9 Å². The number of guanidine groups is 1. The van der Waals surface area contributed by atoms with Crippen LogP contribution in [0.5, 0.6) is 0 Å². The molecule has 0 atom stereocenters. The molecule has 0 aliphatic rings. The predicted molar refractivity (Wildman–Crippen MR) is 109 cm³/mol. The van der Waals surface area contributed by atoms with E-state index >= 15 is 0 Å². The number of hydrogen-bond donors (Lipinski definition) is 3. The first kappa shape index (κ1) is 21.3. The molecule has 0 spiro atoms. The molecule has 1 heterocycles. The van der Waals surface area contributed by atoms with E-state index in [0.29, 0.717) is 31.5 Å². The second-order valence-electron chi connectivity index (χ2n) is 7.06. The summed E-state index contributed by atoms with van der Waals surface area (Å²) in [7, 11) is 0. The number of aromatic nitrogens is 1. The lowest BCUT2D eigenvalue weighted by Gasteiger charge is -2.19. The molecule has 0 saturated carbocycles. The normalized spacial score (nSPS) is 11.8. The zero-order valence-electron chi connectivity index (χ0n) is 16.9. The average molecular weight is 387 g/mol. The zero-order valence-corrected chi connectivity index (χ0v) is 16.9. The van der Waals surface area contributed by atoms with Gasteiger partial charge >= 0.3 is 6.09 Å². The van der Waals surface area contributed by atoms with Gasteiger partial charge < -0.3 is 25.1 Å². The molecule has 0 bridgehead atoms. The molecule has 2 rings (SSSR count). The number of carbonyl (C=O) groups is 1. The number of oxazole rings is 1. The molecule has 0 radical (unpaired) electrons. The Morgan fingerprint density at radius 2 is 1.86 bits per heavy atom. The number of amides is 1. The largest absolute Gasteiger partial charge is 0.444 e. The van der Waals surface area contributed by atoms with Crippen LogP contribution < -0.4 is 16.0 Å². The fourth-order valence-electron chi connectivity index (χ4n) is 2.25. The Morgan fingerprint density at radius 1 is 1.14 bits per heavy atom. The van der Waals surface area contributed by atoms with E-state index < -0.39 is 11.7 Å². The lowest BCUT2D eigenvalue weighted by atomic mass is 10.2. The number of rotatable bonds is 7. The smallest absolute Gasteiger partial charge is 0.407 e. The standard InChI is InChI=1S/C20H29N5O3/c1-5-21-18(22-11-12-23-19(26)28-20(2,3)4)24-13-16-14-27-17(25-16)15-9-7-6-8-10-15/h6-10,14H,5,11-13H2,1-4H3,(H,23,26)(H2,21,22,24). The van der Waals surface area contributed by atoms with Gasteiger partial charge in [-0.2, -0.15) is 0 Å². The van der Waals surface area contributed by atoms with Crippen molar-refractivity contribution in [2.75, 3.05) is 19.6 Å². The highest BCUT2D eigenvalue weighted by atomic mass is 16.6. The lowest BCUT2D eigenvalue weighted by Crippen LogP contribution is -2.42. The van der Waals surface area contributed by atoms with E-state index in [-0.39, 0.29) is 0 Å². The van der Waals surface area contributed by atoms with E-state index in [1.807, 2.05) is 58.0 Å². The van der Waals surface area contributed by atoms with Crippen molar-refractivity contribution in [3.05, 3.63) is 42.3 Å². The van der Waals surface area contributed by atoms with Crippen LogP contribution in [0, 0.1) is 0 Å². The van der Waals surface area contributed by atoms with Crippen LogP contribution in [-0.2, 0) is 11.3 Å². The number of benzene rings is 1. The minimum atomic E-state index is -0.510. The molecule has 0 aliphatic carbocycles. The maximum atomic E-state index is 11.6. The van der Waals surface area contributed by atoms with E-state index in [9.17, 15) is 4.79 Å². The van der Waals surface area contributed by atoms with Gasteiger partial charge in [0.25, 0.3) is 0 Å². The summed E-state index contributed by atoms with van der Waals surface area (Å²) in [5.41, 5.74) is 1.16. The first-order valence-corrected chi connectivity index (χ1v) is 9.36. The van der Waals surface area contributed by atoms with Crippen LogP contribution in [0.3, 0.4) is 0 Å². The van der Waals surface area contributed by atoms with E-state index in [4.69, 9.17) is 9.15 Å². The van der Waals surface area contributed by atoms with Gasteiger partial charge in [0.1, 0.15) is 17.6 Å². The van der Waals surface area contributed by atoms with Gasteiger partial charge in [-0.15, -0.1) is 0 Å². The second-order valence-corrected chi connectivity index (χ2v) is 7.06. The van der Waals surface area contributed by atoms with E-state index in [1.54, 1.807) is 6.26 Å². The summed E-state index contributed by atoms with van der Waals surface area (Å²) >= 11 is 0. The highest BCUT2D eigenvalue weighted by Crippen LogP contribution is 2.18. The Morgan fingerprint density at radius 3 is 2.54 bits per heavy atom. The Hall–Kier alpha value is -3.03. The van der Waals surface area contributed by atoms with Gasteiger partial charge in [0, 0.05) is 25.2 Å². The molecule has 28 heavy (non-hydrogen) atoms. The third-order valence-corrected chi connectivity index (χ3v) is 3.40. The molecular formula is C20H29N5O3. The number of aliphatic imine (C=N–C) groups is 1. The minimum absolute atomic E-state index is 0.380. The summed E-state index contributed by atoms with van der Waals surface area (Å²) in [6.45, 7) is 9.50. The van der Waals surface area contributed by atoms with Crippen LogP contribution in [0.25, 0.3) is 11.5 Å². The van der Waals surface area contributed by atoms with Gasteiger partial charge in [-0.3, -0.25) is 0 Å². The Balaban J connectivity index is 1.82.